The molecule has 2 heterocycles. The van der Waals surface area contributed by atoms with Gasteiger partial charge in [0.15, 0.2) is 5.13 Å². The molecule has 2 aromatic heterocycles. The van der Waals surface area contributed by atoms with E-state index >= 15 is 0 Å². The van der Waals surface area contributed by atoms with Crippen LogP contribution in [0.4, 0.5) is 24.0 Å². The van der Waals surface area contributed by atoms with E-state index in [1.807, 2.05) is 49.5 Å². The zero-order valence-electron chi connectivity index (χ0n) is 24.2. The molecular weight excluding hydrogens is 557 g/mol. The number of para-hydroxylation sites is 1. The topological polar surface area (TPSA) is 50.3 Å². The van der Waals surface area contributed by atoms with E-state index in [-0.39, 0.29) is 11.5 Å². The van der Waals surface area contributed by atoms with Gasteiger partial charge in [0, 0.05) is 24.3 Å². The Morgan fingerprint density at radius 1 is 0.952 bits per heavy atom. The van der Waals surface area contributed by atoms with Gasteiger partial charge in [-0.1, -0.05) is 68.5 Å². The SMILES string of the molecule is CC(c1ccc2nc(Nc3cccnc3Oc3ccccc3C(C)(C)C)sc2c1)N(C)Cc1ccc(C(F)(F)F)cc1. The van der Waals surface area contributed by atoms with Crippen molar-refractivity contribution in [2.45, 2.75) is 51.9 Å². The Labute approximate surface area is 248 Å². The van der Waals surface area contributed by atoms with Crippen molar-refractivity contribution < 1.29 is 17.9 Å². The monoisotopic (exact) mass is 590 g/mol. The second kappa shape index (κ2) is 11.7. The lowest BCUT2D eigenvalue weighted by Crippen LogP contribution is -2.22. The van der Waals surface area contributed by atoms with Crippen LogP contribution < -0.4 is 10.1 Å². The Kier molecular flexibility index (Phi) is 8.25. The lowest BCUT2D eigenvalue weighted by atomic mass is 9.86. The van der Waals surface area contributed by atoms with Crippen LogP contribution in [0.1, 0.15) is 56.0 Å². The maximum Gasteiger partial charge on any atom is 0.416 e. The molecule has 9 heteroatoms. The van der Waals surface area contributed by atoms with E-state index in [9.17, 15) is 13.2 Å². The van der Waals surface area contributed by atoms with Crippen molar-refractivity contribution in [3.63, 3.8) is 0 Å². The third-order valence-corrected chi connectivity index (χ3v) is 8.12. The number of hydrogen-bond donors (Lipinski definition) is 1. The molecule has 218 valence electrons. The van der Waals surface area contributed by atoms with Gasteiger partial charge in [-0.25, -0.2) is 9.97 Å². The smallest absolute Gasteiger partial charge is 0.416 e. The molecule has 0 spiro atoms. The average Bonchev–Trinajstić information content (AvgIpc) is 3.35. The maximum atomic E-state index is 12.9. The number of alkyl halides is 3. The molecule has 1 N–H and O–H groups in total. The number of benzene rings is 3. The molecule has 0 aliphatic rings. The standard InChI is InChI=1S/C33H33F3N4OS/c1-21(40(5)20-22-12-15-24(16-13-22)33(34,35)36)23-14-17-26-29(19-23)42-31(38-26)39-27-10-8-18-37-30(27)41-28-11-7-6-9-25(28)32(2,3)4/h6-19,21H,20H2,1-5H3,(H,38,39). The summed E-state index contributed by atoms with van der Waals surface area (Å²) in [6.07, 6.45) is -2.63. The number of hydrogen-bond acceptors (Lipinski definition) is 6. The summed E-state index contributed by atoms with van der Waals surface area (Å²) in [5.74, 6) is 1.22. The zero-order valence-corrected chi connectivity index (χ0v) is 25.0. The molecule has 1 unspecified atom stereocenters. The fourth-order valence-electron chi connectivity index (χ4n) is 4.69. The van der Waals surface area contributed by atoms with Crippen LogP contribution in [0.25, 0.3) is 10.2 Å². The van der Waals surface area contributed by atoms with Crippen LogP contribution in [0, 0.1) is 0 Å². The summed E-state index contributed by atoms with van der Waals surface area (Å²) in [4.78, 5) is 11.4. The van der Waals surface area contributed by atoms with Gasteiger partial charge in [0.2, 0.25) is 5.88 Å². The number of rotatable bonds is 8. The van der Waals surface area contributed by atoms with E-state index in [0.29, 0.717) is 18.1 Å². The first-order chi connectivity index (χ1) is 19.9. The van der Waals surface area contributed by atoms with Crippen molar-refractivity contribution >= 4 is 32.4 Å². The van der Waals surface area contributed by atoms with E-state index in [4.69, 9.17) is 9.72 Å². The number of nitrogens with zero attached hydrogens (tertiary/aromatic N) is 3. The van der Waals surface area contributed by atoms with Crippen molar-refractivity contribution in [3.8, 4) is 11.6 Å². The van der Waals surface area contributed by atoms with Crippen LogP contribution in [-0.4, -0.2) is 21.9 Å². The van der Waals surface area contributed by atoms with E-state index in [1.165, 1.54) is 23.5 Å². The first-order valence-electron chi connectivity index (χ1n) is 13.6. The van der Waals surface area contributed by atoms with Gasteiger partial charge >= 0.3 is 6.18 Å². The zero-order chi connectivity index (χ0) is 30.1. The van der Waals surface area contributed by atoms with Crippen LogP contribution in [0.3, 0.4) is 0 Å². The van der Waals surface area contributed by atoms with Crippen LogP contribution in [0.5, 0.6) is 11.6 Å². The van der Waals surface area contributed by atoms with Gasteiger partial charge in [0.05, 0.1) is 15.8 Å². The molecule has 0 saturated heterocycles. The third-order valence-electron chi connectivity index (χ3n) is 7.18. The minimum absolute atomic E-state index is 0.0383. The van der Waals surface area contributed by atoms with Gasteiger partial charge in [-0.2, -0.15) is 13.2 Å². The summed E-state index contributed by atoms with van der Waals surface area (Å²) >= 11 is 1.54. The molecule has 0 fully saturated rings. The van der Waals surface area contributed by atoms with Gasteiger partial charge in [-0.05, 0) is 73.0 Å². The highest BCUT2D eigenvalue weighted by molar-refractivity contribution is 7.22. The largest absolute Gasteiger partial charge is 0.437 e. The van der Waals surface area contributed by atoms with Gasteiger partial charge in [0.1, 0.15) is 11.4 Å². The molecule has 0 aliphatic heterocycles. The molecule has 42 heavy (non-hydrogen) atoms. The van der Waals surface area contributed by atoms with E-state index in [2.05, 4.69) is 55.0 Å². The van der Waals surface area contributed by atoms with E-state index < -0.39 is 11.7 Å². The predicted octanol–water partition coefficient (Wildman–Crippen LogP) is 9.74. The number of thiazole rings is 1. The first-order valence-corrected chi connectivity index (χ1v) is 14.5. The lowest BCUT2D eigenvalue weighted by Gasteiger charge is -2.25. The molecule has 0 aliphatic carbocycles. The minimum Gasteiger partial charge on any atom is -0.437 e. The number of fused-ring (bicyclic) bond motifs is 1. The van der Waals surface area contributed by atoms with Gasteiger partial charge in [-0.15, -0.1) is 0 Å². The van der Waals surface area contributed by atoms with Crippen LogP contribution >= 0.6 is 11.3 Å². The normalized spacial score (nSPS) is 13.0. The van der Waals surface area contributed by atoms with Gasteiger partial charge < -0.3 is 10.1 Å². The number of aromatic nitrogens is 2. The molecule has 0 bridgehead atoms. The fourth-order valence-corrected chi connectivity index (χ4v) is 5.62. The summed E-state index contributed by atoms with van der Waals surface area (Å²) in [6.45, 7) is 9.05. The Morgan fingerprint density at radius 2 is 1.69 bits per heavy atom. The molecule has 3 aromatic carbocycles. The molecule has 1 atom stereocenters. The summed E-state index contributed by atoms with van der Waals surface area (Å²) < 4.78 is 46.1. The van der Waals surface area contributed by atoms with Crippen LogP contribution in [0.2, 0.25) is 0 Å². The second-order valence-electron chi connectivity index (χ2n) is 11.4. The number of anilines is 2. The van der Waals surface area contributed by atoms with Crippen molar-refractivity contribution in [1.29, 1.82) is 0 Å². The quantitative estimate of drug-likeness (QED) is 0.195. The van der Waals surface area contributed by atoms with Crippen molar-refractivity contribution in [1.82, 2.24) is 14.9 Å². The molecule has 0 amide bonds. The molecule has 0 saturated carbocycles. The predicted molar refractivity (Wildman–Crippen MR) is 164 cm³/mol. The van der Waals surface area contributed by atoms with E-state index in [1.54, 1.807) is 6.20 Å². The molecule has 5 rings (SSSR count). The highest BCUT2D eigenvalue weighted by Gasteiger charge is 2.30. The maximum absolute atomic E-state index is 12.9. The number of ether oxygens (including phenoxy) is 1. The van der Waals surface area contributed by atoms with Crippen molar-refractivity contribution in [2.24, 2.45) is 0 Å². The number of halogens is 3. The van der Waals surface area contributed by atoms with Crippen LogP contribution in [-0.2, 0) is 18.1 Å². The Morgan fingerprint density at radius 3 is 2.40 bits per heavy atom. The lowest BCUT2D eigenvalue weighted by molar-refractivity contribution is -0.137. The molecule has 5 aromatic rings. The summed E-state index contributed by atoms with van der Waals surface area (Å²) in [5.41, 5.74) is 3.86. The van der Waals surface area contributed by atoms with Crippen molar-refractivity contribution in [2.75, 3.05) is 12.4 Å². The fraction of sp³-hybridized carbons (Fsp3) is 0.273. The number of pyridine rings is 1. The minimum atomic E-state index is -4.33. The molecule has 5 nitrogen and oxygen atoms in total. The Hall–Kier alpha value is -3.95. The van der Waals surface area contributed by atoms with Gasteiger partial charge in [-0.3, -0.25) is 4.90 Å². The third kappa shape index (κ3) is 6.74. The summed E-state index contributed by atoms with van der Waals surface area (Å²) in [5, 5.41) is 4.11. The Bertz CT molecular complexity index is 1680. The highest BCUT2D eigenvalue weighted by Crippen LogP contribution is 2.38. The highest BCUT2D eigenvalue weighted by atomic mass is 32.1. The first kappa shape index (κ1) is 29.5. The summed E-state index contributed by atoms with van der Waals surface area (Å²) in [7, 11) is 1.97. The van der Waals surface area contributed by atoms with Gasteiger partial charge in [0.25, 0.3) is 0 Å². The van der Waals surface area contributed by atoms with E-state index in [0.717, 1.165) is 49.9 Å². The number of nitrogens with one attached hydrogen (secondary N) is 1. The van der Waals surface area contributed by atoms with Crippen molar-refractivity contribution in [3.05, 3.63) is 107 Å². The molecule has 0 radical (unpaired) electrons. The second-order valence-corrected chi connectivity index (χ2v) is 12.4. The summed E-state index contributed by atoms with van der Waals surface area (Å²) in [6, 6.07) is 23.3. The van der Waals surface area contributed by atoms with Crippen LogP contribution in [0.15, 0.2) is 85.1 Å². The average molecular weight is 591 g/mol. The Balaban J connectivity index is 1.32. The molecular formula is C33H33F3N4OS.